The molecule has 0 atom stereocenters. The predicted octanol–water partition coefficient (Wildman–Crippen LogP) is 1.64. The predicted molar refractivity (Wildman–Crippen MR) is 106 cm³/mol. The maximum Gasteiger partial charge on any atom is 0.226 e. The number of benzene rings is 1. The molecule has 154 valence electrons. The lowest BCUT2D eigenvalue weighted by molar-refractivity contribution is -0.134. The van der Waals surface area contributed by atoms with E-state index in [1.165, 1.54) is 12.1 Å². The number of hydrogen-bond donors (Lipinski definition) is 1. The third-order valence-electron chi connectivity index (χ3n) is 4.33. The van der Waals surface area contributed by atoms with Crippen molar-refractivity contribution in [3.8, 4) is 5.75 Å². The molecule has 1 fully saturated rings. The molecule has 0 saturated carbocycles. The van der Waals surface area contributed by atoms with Gasteiger partial charge in [-0.2, -0.15) is 0 Å². The van der Waals surface area contributed by atoms with Gasteiger partial charge in [0.05, 0.1) is 24.0 Å². The minimum absolute atomic E-state index is 0. The Morgan fingerprint density at radius 3 is 2.37 bits per heavy atom. The Morgan fingerprint density at radius 1 is 1.19 bits per heavy atom. The van der Waals surface area contributed by atoms with Crippen LogP contribution < -0.4 is 10.5 Å². The molecule has 0 aliphatic carbocycles. The normalized spacial score (nSPS) is 15.3. The quantitative estimate of drug-likeness (QED) is 0.609. The molecule has 1 aromatic rings. The van der Waals surface area contributed by atoms with E-state index in [9.17, 15) is 13.2 Å². The molecule has 27 heavy (non-hydrogen) atoms. The summed E-state index contributed by atoms with van der Waals surface area (Å²) in [6, 6.07) is 6.21. The van der Waals surface area contributed by atoms with Gasteiger partial charge in [-0.15, -0.1) is 12.4 Å². The van der Waals surface area contributed by atoms with E-state index >= 15 is 0 Å². The third-order valence-corrected chi connectivity index (χ3v) is 5.46. The standard InChI is InChI=1S/C18H28N2O5S.ClH/c1-26(22,23)17-5-3-15(4-6-17)25-14-9-18(21)20-11-7-16(8-12-20)24-13-2-10-19;/h3-6,16H,2,7-14,19H2,1H3;1H. The maximum absolute atomic E-state index is 12.3. The molecule has 7 nitrogen and oxygen atoms in total. The van der Waals surface area contributed by atoms with Crippen LogP contribution >= 0.6 is 12.4 Å². The Labute approximate surface area is 167 Å². The lowest BCUT2D eigenvalue weighted by Crippen LogP contribution is -2.41. The third kappa shape index (κ3) is 8.04. The van der Waals surface area contributed by atoms with Crippen molar-refractivity contribution in [2.75, 3.05) is 39.1 Å². The zero-order valence-corrected chi connectivity index (χ0v) is 17.3. The van der Waals surface area contributed by atoms with Gasteiger partial charge >= 0.3 is 0 Å². The Balaban J connectivity index is 0.00000364. The fraction of sp³-hybridized carbons (Fsp3) is 0.611. The van der Waals surface area contributed by atoms with Crippen LogP contribution in [-0.4, -0.2) is 64.4 Å². The molecule has 0 unspecified atom stereocenters. The Kier molecular flexibility index (Phi) is 10.1. The van der Waals surface area contributed by atoms with E-state index in [4.69, 9.17) is 15.2 Å². The van der Waals surface area contributed by atoms with Gasteiger partial charge in [0.25, 0.3) is 0 Å². The smallest absolute Gasteiger partial charge is 0.226 e. The van der Waals surface area contributed by atoms with Crippen molar-refractivity contribution in [2.24, 2.45) is 5.73 Å². The van der Waals surface area contributed by atoms with Crippen LogP contribution in [0.2, 0.25) is 0 Å². The van der Waals surface area contributed by atoms with Crippen molar-refractivity contribution >= 4 is 28.2 Å². The number of amides is 1. The van der Waals surface area contributed by atoms with Gasteiger partial charge in [0, 0.05) is 26.0 Å². The van der Waals surface area contributed by atoms with E-state index in [1.807, 2.05) is 4.90 Å². The number of rotatable bonds is 9. The molecule has 0 bridgehead atoms. The van der Waals surface area contributed by atoms with Crippen LogP contribution in [0.4, 0.5) is 0 Å². The van der Waals surface area contributed by atoms with E-state index in [0.29, 0.717) is 38.4 Å². The molecule has 1 aliphatic rings. The highest BCUT2D eigenvalue weighted by Crippen LogP contribution is 2.17. The van der Waals surface area contributed by atoms with Gasteiger partial charge in [0.1, 0.15) is 5.75 Å². The molecule has 0 aromatic heterocycles. The van der Waals surface area contributed by atoms with Crippen molar-refractivity contribution in [1.82, 2.24) is 4.90 Å². The topological polar surface area (TPSA) is 98.9 Å². The Hall–Kier alpha value is -1.35. The van der Waals surface area contributed by atoms with Crippen LogP contribution in [0.5, 0.6) is 5.75 Å². The summed E-state index contributed by atoms with van der Waals surface area (Å²) in [6.07, 6.45) is 4.24. The first-order valence-corrected chi connectivity index (χ1v) is 10.8. The molecule has 9 heteroatoms. The molecular formula is C18H29ClN2O5S. The van der Waals surface area contributed by atoms with Crippen LogP contribution in [0.25, 0.3) is 0 Å². The number of carbonyl (C=O) groups excluding carboxylic acids is 1. The number of hydrogen-bond acceptors (Lipinski definition) is 6. The van der Waals surface area contributed by atoms with Gasteiger partial charge in [-0.25, -0.2) is 8.42 Å². The lowest BCUT2D eigenvalue weighted by atomic mass is 10.1. The van der Waals surface area contributed by atoms with Gasteiger partial charge in [-0.1, -0.05) is 0 Å². The van der Waals surface area contributed by atoms with E-state index in [0.717, 1.165) is 25.5 Å². The summed E-state index contributed by atoms with van der Waals surface area (Å²) >= 11 is 0. The molecule has 1 aliphatic heterocycles. The summed E-state index contributed by atoms with van der Waals surface area (Å²) in [6.45, 7) is 2.99. The van der Waals surface area contributed by atoms with E-state index in [2.05, 4.69) is 0 Å². The Bertz CT molecular complexity index is 673. The molecule has 2 rings (SSSR count). The van der Waals surface area contributed by atoms with Crippen LogP contribution in [0.15, 0.2) is 29.2 Å². The molecule has 0 spiro atoms. The van der Waals surface area contributed by atoms with Crippen molar-refractivity contribution < 1.29 is 22.7 Å². The maximum atomic E-state index is 12.3. The average molecular weight is 421 g/mol. The van der Waals surface area contributed by atoms with Gasteiger partial charge in [0.2, 0.25) is 5.91 Å². The first-order chi connectivity index (χ1) is 12.4. The summed E-state index contributed by atoms with van der Waals surface area (Å²) < 4.78 is 34.1. The SMILES string of the molecule is CS(=O)(=O)c1ccc(OCCC(=O)N2CCC(OCCCN)CC2)cc1.Cl. The minimum atomic E-state index is -3.21. The summed E-state index contributed by atoms with van der Waals surface area (Å²) in [5.41, 5.74) is 5.45. The lowest BCUT2D eigenvalue weighted by Gasteiger charge is -2.32. The highest BCUT2D eigenvalue weighted by atomic mass is 35.5. The fourth-order valence-electron chi connectivity index (χ4n) is 2.80. The largest absolute Gasteiger partial charge is 0.493 e. The number of nitrogens with zero attached hydrogens (tertiary/aromatic N) is 1. The van der Waals surface area contributed by atoms with Crippen LogP contribution in [0.1, 0.15) is 25.7 Å². The van der Waals surface area contributed by atoms with Gasteiger partial charge in [-0.05, 0) is 50.1 Å². The monoisotopic (exact) mass is 420 g/mol. The minimum Gasteiger partial charge on any atom is -0.493 e. The van der Waals surface area contributed by atoms with Crippen LogP contribution in [-0.2, 0) is 19.4 Å². The molecule has 1 saturated heterocycles. The number of halogens is 1. The highest BCUT2D eigenvalue weighted by Gasteiger charge is 2.22. The molecule has 0 radical (unpaired) electrons. The summed E-state index contributed by atoms with van der Waals surface area (Å²) in [5, 5.41) is 0. The van der Waals surface area contributed by atoms with Crippen molar-refractivity contribution in [1.29, 1.82) is 0 Å². The second-order valence-electron chi connectivity index (χ2n) is 6.44. The number of carbonyl (C=O) groups is 1. The van der Waals surface area contributed by atoms with E-state index in [-0.39, 0.29) is 35.9 Å². The second-order valence-corrected chi connectivity index (χ2v) is 8.45. The first kappa shape index (κ1) is 23.7. The molecular weight excluding hydrogens is 392 g/mol. The molecule has 1 aromatic carbocycles. The number of likely N-dealkylation sites (tertiary alicyclic amines) is 1. The van der Waals surface area contributed by atoms with Crippen molar-refractivity contribution in [3.63, 3.8) is 0 Å². The number of nitrogens with two attached hydrogens (primary N) is 1. The van der Waals surface area contributed by atoms with Crippen molar-refractivity contribution in [2.45, 2.75) is 36.7 Å². The summed E-state index contributed by atoms with van der Waals surface area (Å²) in [5.74, 6) is 0.621. The first-order valence-electron chi connectivity index (χ1n) is 8.92. The molecule has 2 N–H and O–H groups in total. The number of sulfone groups is 1. The van der Waals surface area contributed by atoms with E-state index in [1.54, 1.807) is 12.1 Å². The van der Waals surface area contributed by atoms with E-state index < -0.39 is 9.84 Å². The average Bonchev–Trinajstić information content (AvgIpc) is 2.62. The van der Waals surface area contributed by atoms with Gasteiger partial charge in [0.15, 0.2) is 9.84 Å². The number of piperidine rings is 1. The zero-order valence-electron chi connectivity index (χ0n) is 15.6. The zero-order chi connectivity index (χ0) is 19.0. The second kappa shape index (κ2) is 11.5. The van der Waals surface area contributed by atoms with Crippen molar-refractivity contribution in [3.05, 3.63) is 24.3 Å². The van der Waals surface area contributed by atoms with Crippen LogP contribution in [0, 0.1) is 0 Å². The summed E-state index contributed by atoms with van der Waals surface area (Å²) in [4.78, 5) is 14.3. The number of ether oxygens (including phenoxy) is 2. The molecule has 1 amide bonds. The van der Waals surface area contributed by atoms with Crippen LogP contribution in [0.3, 0.4) is 0 Å². The highest BCUT2D eigenvalue weighted by molar-refractivity contribution is 7.90. The van der Waals surface area contributed by atoms with Gasteiger partial charge in [-0.3, -0.25) is 4.79 Å². The van der Waals surface area contributed by atoms with Gasteiger partial charge < -0.3 is 20.1 Å². The fourth-order valence-corrected chi connectivity index (χ4v) is 3.43. The molecule has 1 heterocycles. The summed E-state index contributed by atoms with van der Waals surface area (Å²) in [7, 11) is -3.21. The Morgan fingerprint density at radius 2 is 1.81 bits per heavy atom.